The van der Waals surface area contributed by atoms with Crippen molar-refractivity contribution in [3.05, 3.63) is 35.9 Å². The summed E-state index contributed by atoms with van der Waals surface area (Å²) in [7, 11) is 0. The summed E-state index contributed by atoms with van der Waals surface area (Å²) in [5.41, 5.74) is 0.644. The molecule has 1 aliphatic rings. The average molecular weight is 500 g/mol. The van der Waals surface area contributed by atoms with Crippen LogP contribution in [0.4, 0.5) is 17.8 Å². The zero-order valence-corrected chi connectivity index (χ0v) is 21.8. The number of anilines is 3. The lowest BCUT2D eigenvalue weighted by molar-refractivity contribution is 0.0519. The van der Waals surface area contributed by atoms with Gasteiger partial charge in [0.15, 0.2) is 0 Å². The monoisotopic (exact) mass is 499 g/mol. The van der Waals surface area contributed by atoms with Crippen LogP contribution in [0, 0.1) is 5.92 Å². The smallest absolute Gasteiger partial charge is 0.251 e. The zero-order valence-electron chi connectivity index (χ0n) is 21.8. The van der Waals surface area contributed by atoms with E-state index in [4.69, 9.17) is 9.47 Å². The van der Waals surface area contributed by atoms with Gasteiger partial charge < -0.3 is 30.7 Å². The third-order valence-electron chi connectivity index (χ3n) is 5.87. The standard InChI is InChI=1S/C26H41N7O3/c1-19(2)29-25-31-24(32-26(33-25)30-22-11-9-20(3)10-12-22)28-14-16-36-18-17-35-15-13-27-23(34)21-7-5-4-6-8-21/h4-8,19-20,22H,9-18H2,1-3H3,(H,27,34)(H3,28,29,30,31,32,33). The highest BCUT2D eigenvalue weighted by atomic mass is 16.5. The highest BCUT2D eigenvalue weighted by molar-refractivity contribution is 5.94. The van der Waals surface area contributed by atoms with Crippen molar-refractivity contribution in [2.75, 3.05) is 55.5 Å². The summed E-state index contributed by atoms with van der Waals surface area (Å²) in [6.45, 7) is 9.31. The Bertz CT molecular complexity index is 906. The summed E-state index contributed by atoms with van der Waals surface area (Å²) in [6.07, 6.45) is 4.73. The van der Waals surface area contributed by atoms with Gasteiger partial charge in [0, 0.05) is 30.7 Å². The second-order valence-corrected chi connectivity index (χ2v) is 9.48. The Morgan fingerprint density at radius 3 is 2.22 bits per heavy atom. The van der Waals surface area contributed by atoms with E-state index in [9.17, 15) is 4.79 Å². The molecule has 3 rings (SSSR count). The Labute approximate surface area is 214 Å². The van der Waals surface area contributed by atoms with Crippen LogP contribution in [0.5, 0.6) is 0 Å². The van der Waals surface area contributed by atoms with Crippen LogP contribution in [0.2, 0.25) is 0 Å². The van der Waals surface area contributed by atoms with E-state index in [1.54, 1.807) is 12.1 Å². The minimum Gasteiger partial charge on any atom is -0.377 e. The number of hydrogen-bond donors (Lipinski definition) is 4. The van der Waals surface area contributed by atoms with E-state index in [0.29, 0.717) is 69.0 Å². The molecule has 0 saturated heterocycles. The number of amides is 1. The first kappa shape index (κ1) is 27.6. The third kappa shape index (κ3) is 10.3. The van der Waals surface area contributed by atoms with E-state index in [0.717, 1.165) is 18.8 Å². The fourth-order valence-electron chi connectivity index (χ4n) is 3.91. The van der Waals surface area contributed by atoms with Gasteiger partial charge in [-0.3, -0.25) is 4.79 Å². The van der Waals surface area contributed by atoms with Crippen LogP contribution in [0.15, 0.2) is 30.3 Å². The molecule has 0 spiro atoms. The zero-order chi connectivity index (χ0) is 25.6. The molecule has 1 aliphatic carbocycles. The second-order valence-electron chi connectivity index (χ2n) is 9.48. The molecule has 10 nitrogen and oxygen atoms in total. The maximum Gasteiger partial charge on any atom is 0.251 e. The summed E-state index contributed by atoms with van der Waals surface area (Å²) >= 11 is 0. The minimum absolute atomic E-state index is 0.0988. The minimum atomic E-state index is -0.0988. The van der Waals surface area contributed by atoms with Gasteiger partial charge in [0.2, 0.25) is 17.8 Å². The topological polar surface area (TPSA) is 122 Å². The van der Waals surface area contributed by atoms with Crippen molar-refractivity contribution in [3.63, 3.8) is 0 Å². The fourth-order valence-corrected chi connectivity index (χ4v) is 3.91. The van der Waals surface area contributed by atoms with Crippen LogP contribution in [0.25, 0.3) is 0 Å². The van der Waals surface area contributed by atoms with Gasteiger partial charge in [-0.2, -0.15) is 15.0 Å². The summed E-state index contributed by atoms with van der Waals surface area (Å²) < 4.78 is 11.2. The highest BCUT2D eigenvalue weighted by Gasteiger charge is 2.19. The number of hydrogen-bond acceptors (Lipinski definition) is 9. The van der Waals surface area contributed by atoms with Gasteiger partial charge in [0.1, 0.15) is 0 Å². The maximum absolute atomic E-state index is 12.0. The number of carbonyl (C=O) groups excluding carboxylic acids is 1. The van der Waals surface area contributed by atoms with Crippen molar-refractivity contribution in [2.24, 2.45) is 5.92 Å². The predicted octanol–water partition coefficient (Wildman–Crippen LogP) is 3.56. The van der Waals surface area contributed by atoms with Crippen LogP contribution < -0.4 is 21.3 Å². The van der Waals surface area contributed by atoms with Gasteiger partial charge in [-0.05, 0) is 57.6 Å². The quantitative estimate of drug-likeness (QED) is 0.272. The number of rotatable bonds is 15. The van der Waals surface area contributed by atoms with Crippen molar-refractivity contribution in [1.82, 2.24) is 20.3 Å². The van der Waals surface area contributed by atoms with Crippen LogP contribution in [0.1, 0.15) is 56.8 Å². The Morgan fingerprint density at radius 2 is 1.53 bits per heavy atom. The summed E-state index contributed by atoms with van der Waals surface area (Å²) in [4.78, 5) is 25.5. The molecular weight excluding hydrogens is 458 g/mol. The second kappa shape index (κ2) is 15.2. The molecule has 1 heterocycles. The van der Waals surface area contributed by atoms with Crippen molar-refractivity contribution in [1.29, 1.82) is 0 Å². The molecule has 1 amide bonds. The average Bonchev–Trinajstić information content (AvgIpc) is 2.86. The van der Waals surface area contributed by atoms with E-state index < -0.39 is 0 Å². The molecule has 10 heteroatoms. The van der Waals surface area contributed by atoms with Gasteiger partial charge in [0.25, 0.3) is 5.91 Å². The maximum atomic E-state index is 12.0. The molecule has 1 saturated carbocycles. The summed E-state index contributed by atoms with van der Waals surface area (Å²) in [5, 5.41) is 12.8. The van der Waals surface area contributed by atoms with Crippen molar-refractivity contribution >= 4 is 23.8 Å². The Morgan fingerprint density at radius 1 is 0.889 bits per heavy atom. The lowest BCUT2D eigenvalue weighted by Crippen LogP contribution is -2.27. The molecule has 0 atom stereocenters. The molecule has 36 heavy (non-hydrogen) atoms. The molecule has 1 aromatic heterocycles. The van der Waals surface area contributed by atoms with Gasteiger partial charge in [-0.25, -0.2) is 0 Å². The van der Waals surface area contributed by atoms with Crippen molar-refractivity contribution < 1.29 is 14.3 Å². The predicted molar refractivity (Wildman–Crippen MR) is 143 cm³/mol. The van der Waals surface area contributed by atoms with Crippen molar-refractivity contribution in [2.45, 2.75) is 58.5 Å². The van der Waals surface area contributed by atoms with E-state index in [-0.39, 0.29) is 11.9 Å². The van der Waals surface area contributed by atoms with Crippen LogP contribution >= 0.6 is 0 Å². The lowest BCUT2D eigenvalue weighted by atomic mass is 9.87. The number of nitrogens with one attached hydrogen (secondary N) is 4. The number of nitrogens with zero attached hydrogens (tertiary/aromatic N) is 3. The molecule has 0 aliphatic heterocycles. The first-order valence-corrected chi connectivity index (χ1v) is 13.0. The molecule has 0 unspecified atom stereocenters. The molecule has 198 valence electrons. The molecule has 4 N–H and O–H groups in total. The Balaban J connectivity index is 1.30. The molecule has 1 fully saturated rings. The summed E-state index contributed by atoms with van der Waals surface area (Å²) in [5.74, 6) is 2.38. The fraction of sp³-hybridized carbons (Fsp3) is 0.615. The number of aromatic nitrogens is 3. The van der Waals surface area contributed by atoms with Gasteiger partial charge in [-0.1, -0.05) is 25.1 Å². The van der Waals surface area contributed by atoms with E-state index in [1.807, 2.05) is 18.2 Å². The van der Waals surface area contributed by atoms with Crippen LogP contribution in [0.3, 0.4) is 0 Å². The van der Waals surface area contributed by atoms with E-state index in [1.165, 1.54) is 12.8 Å². The Kier molecular flexibility index (Phi) is 11.7. The summed E-state index contributed by atoms with van der Waals surface area (Å²) in [6, 6.07) is 9.75. The number of ether oxygens (including phenoxy) is 2. The van der Waals surface area contributed by atoms with Crippen molar-refractivity contribution in [3.8, 4) is 0 Å². The normalized spacial score (nSPS) is 17.6. The first-order valence-electron chi connectivity index (χ1n) is 13.0. The van der Waals surface area contributed by atoms with Crippen LogP contribution in [-0.4, -0.2) is 72.5 Å². The van der Waals surface area contributed by atoms with E-state index >= 15 is 0 Å². The van der Waals surface area contributed by atoms with Gasteiger partial charge in [0.05, 0.1) is 26.4 Å². The molecule has 2 aromatic rings. The largest absolute Gasteiger partial charge is 0.377 e. The molecule has 0 bridgehead atoms. The lowest BCUT2D eigenvalue weighted by Gasteiger charge is -2.27. The molecular formula is C26H41N7O3. The number of carbonyl (C=O) groups is 1. The third-order valence-corrected chi connectivity index (χ3v) is 5.87. The molecule has 0 radical (unpaired) electrons. The highest BCUT2D eigenvalue weighted by Crippen LogP contribution is 2.25. The SMILES string of the molecule is CC1CCC(Nc2nc(NCCOCCOCCNC(=O)c3ccccc3)nc(NC(C)C)n2)CC1. The van der Waals surface area contributed by atoms with Gasteiger partial charge in [-0.15, -0.1) is 0 Å². The van der Waals surface area contributed by atoms with E-state index in [2.05, 4.69) is 57.0 Å². The van der Waals surface area contributed by atoms with Gasteiger partial charge >= 0.3 is 0 Å². The Hall–Kier alpha value is -2.98. The van der Waals surface area contributed by atoms with Crippen LogP contribution in [-0.2, 0) is 9.47 Å². The molecule has 1 aromatic carbocycles. The number of benzene rings is 1. The first-order chi connectivity index (χ1) is 17.5.